The van der Waals surface area contributed by atoms with Crippen molar-refractivity contribution in [2.75, 3.05) is 26.3 Å². The Morgan fingerprint density at radius 2 is 1.09 bits per heavy atom. The zero-order valence-electron chi connectivity index (χ0n) is 12.7. The van der Waals surface area contributed by atoms with E-state index in [1.54, 1.807) is 0 Å². The van der Waals surface area contributed by atoms with Gasteiger partial charge in [-0.25, -0.2) is 0 Å². The minimum Gasteiger partial charge on any atom is -0.490 e. The summed E-state index contributed by atoms with van der Waals surface area (Å²) in [5.74, 6) is 1.86. The molecule has 4 nitrogen and oxygen atoms in total. The van der Waals surface area contributed by atoms with Crippen molar-refractivity contribution in [2.45, 2.75) is 13.1 Å². The summed E-state index contributed by atoms with van der Waals surface area (Å²) in [7, 11) is 0. The van der Waals surface area contributed by atoms with Crippen LogP contribution < -0.4 is 20.1 Å². The number of benzene rings is 2. The largest absolute Gasteiger partial charge is 0.490 e. The lowest BCUT2D eigenvalue weighted by Gasteiger charge is -2.16. The zero-order valence-corrected chi connectivity index (χ0v) is 12.7. The molecule has 1 heterocycles. The normalized spacial score (nSPS) is 16.4. The third-order valence-corrected chi connectivity index (χ3v) is 3.65. The van der Waals surface area contributed by atoms with Gasteiger partial charge in [0.25, 0.3) is 0 Å². The Bertz CT molecular complexity index is 548. The van der Waals surface area contributed by atoms with Crippen LogP contribution in [-0.2, 0) is 13.1 Å². The third kappa shape index (κ3) is 4.00. The summed E-state index contributed by atoms with van der Waals surface area (Å²) in [5.41, 5.74) is 2.36. The molecular weight excluding hydrogens is 276 g/mol. The summed E-state index contributed by atoms with van der Waals surface area (Å²) in [6.45, 7) is 4.54. The zero-order chi connectivity index (χ0) is 15.0. The predicted molar refractivity (Wildman–Crippen MR) is 87.3 cm³/mol. The van der Waals surface area contributed by atoms with Gasteiger partial charge in [0, 0.05) is 37.3 Å². The van der Waals surface area contributed by atoms with Gasteiger partial charge < -0.3 is 20.1 Å². The molecule has 0 atom stereocenters. The Labute approximate surface area is 131 Å². The molecule has 1 aliphatic rings. The molecule has 0 saturated heterocycles. The molecule has 2 aromatic carbocycles. The van der Waals surface area contributed by atoms with Crippen LogP contribution in [0.4, 0.5) is 0 Å². The topological polar surface area (TPSA) is 42.5 Å². The lowest BCUT2D eigenvalue weighted by molar-refractivity contribution is 0.214. The number of hydrogen-bond donors (Lipinski definition) is 2. The van der Waals surface area contributed by atoms with Crippen molar-refractivity contribution in [3.05, 3.63) is 59.7 Å². The predicted octanol–water partition coefficient (Wildman–Crippen LogP) is 2.34. The maximum absolute atomic E-state index is 5.87. The van der Waals surface area contributed by atoms with Crippen LogP contribution in [0.15, 0.2) is 48.5 Å². The highest BCUT2D eigenvalue weighted by Crippen LogP contribution is 2.19. The molecule has 0 fully saturated rings. The molecular formula is C18H22N2O2. The molecule has 1 aliphatic heterocycles. The van der Waals surface area contributed by atoms with Gasteiger partial charge >= 0.3 is 0 Å². The summed E-state index contributed by atoms with van der Waals surface area (Å²) >= 11 is 0. The van der Waals surface area contributed by atoms with Crippen molar-refractivity contribution in [3.63, 3.8) is 0 Å². The molecule has 0 spiro atoms. The van der Waals surface area contributed by atoms with E-state index in [0.717, 1.165) is 37.7 Å². The van der Waals surface area contributed by atoms with Gasteiger partial charge in [-0.15, -0.1) is 0 Å². The van der Waals surface area contributed by atoms with E-state index in [0.29, 0.717) is 13.2 Å². The first kappa shape index (κ1) is 14.9. The van der Waals surface area contributed by atoms with Crippen LogP contribution in [0.2, 0.25) is 0 Å². The maximum Gasteiger partial charge on any atom is 0.123 e. The second kappa shape index (κ2) is 7.82. The number of rotatable bonds is 0. The monoisotopic (exact) mass is 298 g/mol. The van der Waals surface area contributed by atoms with Crippen LogP contribution in [0.25, 0.3) is 0 Å². The second-order valence-electron chi connectivity index (χ2n) is 5.27. The van der Waals surface area contributed by atoms with E-state index < -0.39 is 0 Å². The first-order valence-corrected chi connectivity index (χ1v) is 7.76. The molecule has 0 saturated carbocycles. The van der Waals surface area contributed by atoms with Gasteiger partial charge in [-0.1, -0.05) is 36.4 Å². The summed E-state index contributed by atoms with van der Waals surface area (Å²) in [5, 5.41) is 6.89. The van der Waals surface area contributed by atoms with Gasteiger partial charge in [-0.05, 0) is 12.1 Å². The van der Waals surface area contributed by atoms with Crippen molar-refractivity contribution in [3.8, 4) is 11.5 Å². The molecule has 0 unspecified atom stereocenters. The summed E-state index contributed by atoms with van der Waals surface area (Å²) < 4.78 is 11.7. The first-order chi connectivity index (χ1) is 10.9. The van der Waals surface area contributed by atoms with Crippen molar-refractivity contribution in [2.24, 2.45) is 0 Å². The van der Waals surface area contributed by atoms with Crippen LogP contribution >= 0.6 is 0 Å². The second-order valence-corrected chi connectivity index (χ2v) is 5.27. The van der Waals surface area contributed by atoms with Crippen LogP contribution in [0.3, 0.4) is 0 Å². The Kier molecular flexibility index (Phi) is 5.29. The van der Waals surface area contributed by atoms with Crippen molar-refractivity contribution >= 4 is 0 Å². The Hall–Kier alpha value is -2.04. The van der Waals surface area contributed by atoms with Crippen LogP contribution in [0.5, 0.6) is 11.5 Å². The van der Waals surface area contributed by atoms with Crippen LogP contribution in [-0.4, -0.2) is 26.3 Å². The van der Waals surface area contributed by atoms with Gasteiger partial charge in [0.2, 0.25) is 0 Å². The number of ether oxygens (including phenoxy) is 2. The van der Waals surface area contributed by atoms with E-state index in [1.165, 1.54) is 11.1 Å². The average Bonchev–Trinajstić information content (AvgIpc) is 2.56. The fraction of sp³-hybridized carbons (Fsp3) is 0.333. The highest BCUT2D eigenvalue weighted by Gasteiger charge is 2.06. The Balaban J connectivity index is 1.70. The molecule has 0 bridgehead atoms. The van der Waals surface area contributed by atoms with Gasteiger partial charge in [-0.3, -0.25) is 0 Å². The number of nitrogens with one attached hydrogen (secondary N) is 2. The lowest BCUT2D eigenvalue weighted by Crippen LogP contribution is -2.27. The third-order valence-electron chi connectivity index (χ3n) is 3.65. The Morgan fingerprint density at radius 1 is 0.636 bits per heavy atom. The van der Waals surface area contributed by atoms with Crippen LogP contribution in [0, 0.1) is 0 Å². The number of para-hydroxylation sites is 2. The van der Waals surface area contributed by atoms with Gasteiger partial charge in [0.15, 0.2) is 0 Å². The standard InChI is InChI=1S/C18H22N2O2/c1-3-7-17-15(5-1)13-19-9-10-20-14-16-6-2-4-8-18(16)22-12-11-21-17/h1-8,19-20H,9-14H2. The summed E-state index contributed by atoms with van der Waals surface area (Å²) in [6, 6.07) is 16.3. The molecule has 116 valence electrons. The Morgan fingerprint density at radius 3 is 1.59 bits per heavy atom. The molecule has 0 radical (unpaired) electrons. The molecule has 0 amide bonds. The fourth-order valence-electron chi connectivity index (χ4n) is 2.51. The summed E-state index contributed by atoms with van der Waals surface area (Å²) in [4.78, 5) is 0. The molecule has 2 N–H and O–H groups in total. The molecule has 0 aliphatic carbocycles. The molecule has 4 heteroatoms. The van der Waals surface area contributed by atoms with Gasteiger partial charge in [-0.2, -0.15) is 0 Å². The first-order valence-electron chi connectivity index (χ1n) is 7.76. The van der Waals surface area contributed by atoms with E-state index in [4.69, 9.17) is 9.47 Å². The maximum atomic E-state index is 5.87. The highest BCUT2D eigenvalue weighted by molar-refractivity contribution is 5.34. The minimum absolute atomic E-state index is 0.540. The van der Waals surface area contributed by atoms with E-state index in [2.05, 4.69) is 22.8 Å². The van der Waals surface area contributed by atoms with Crippen LogP contribution in [0.1, 0.15) is 11.1 Å². The van der Waals surface area contributed by atoms with E-state index in [-0.39, 0.29) is 0 Å². The molecule has 0 aromatic heterocycles. The van der Waals surface area contributed by atoms with Gasteiger partial charge in [0.05, 0.1) is 0 Å². The SMILES string of the molecule is c1ccc2c(c1)CNCCNCc1ccccc1OCCO2. The van der Waals surface area contributed by atoms with E-state index in [1.807, 2.05) is 36.4 Å². The summed E-state index contributed by atoms with van der Waals surface area (Å²) in [6.07, 6.45) is 0. The molecule has 3 rings (SSSR count). The van der Waals surface area contributed by atoms with E-state index >= 15 is 0 Å². The van der Waals surface area contributed by atoms with Gasteiger partial charge in [0.1, 0.15) is 24.7 Å². The van der Waals surface area contributed by atoms with Crippen molar-refractivity contribution < 1.29 is 9.47 Å². The lowest BCUT2D eigenvalue weighted by atomic mass is 10.2. The highest BCUT2D eigenvalue weighted by atomic mass is 16.5. The number of hydrogen-bond acceptors (Lipinski definition) is 4. The molecule has 22 heavy (non-hydrogen) atoms. The van der Waals surface area contributed by atoms with E-state index in [9.17, 15) is 0 Å². The fourth-order valence-corrected chi connectivity index (χ4v) is 2.51. The minimum atomic E-state index is 0.540. The van der Waals surface area contributed by atoms with Crippen molar-refractivity contribution in [1.82, 2.24) is 10.6 Å². The molecule has 2 aromatic rings. The quantitative estimate of drug-likeness (QED) is 0.783. The average molecular weight is 298 g/mol. The number of fused-ring (bicyclic) bond motifs is 2. The van der Waals surface area contributed by atoms with Crippen molar-refractivity contribution in [1.29, 1.82) is 0 Å². The smallest absolute Gasteiger partial charge is 0.123 e.